The predicted octanol–water partition coefficient (Wildman–Crippen LogP) is 4.39. The van der Waals surface area contributed by atoms with Crippen molar-refractivity contribution in [3.63, 3.8) is 0 Å². The second-order valence-electron chi connectivity index (χ2n) is 8.71. The number of carbonyl (C=O) groups excluding carboxylic acids is 2. The van der Waals surface area contributed by atoms with Crippen molar-refractivity contribution >= 4 is 34.2 Å². The largest absolute Gasteiger partial charge is 0.353 e. The number of nitrogens with zero attached hydrogens (tertiary/aromatic N) is 3. The average Bonchev–Trinajstić information content (AvgIpc) is 3.22. The zero-order valence-corrected chi connectivity index (χ0v) is 19.3. The second-order valence-corrected chi connectivity index (χ2v) is 8.71. The minimum atomic E-state index is -0.239. The summed E-state index contributed by atoms with van der Waals surface area (Å²) in [5.41, 5.74) is 4.45. The Balaban J connectivity index is 1.42. The first-order valence-electron chi connectivity index (χ1n) is 11.5. The highest BCUT2D eigenvalue weighted by molar-refractivity contribution is 6.15. The third-order valence-electron chi connectivity index (χ3n) is 6.26. The van der Waals surface area contributed by atoms with Crippen molar-refractivity contribution in [2.75, 3.05) is 36.4 Å². The molecule has 34 heavy (non-hydrogen) atoms. The number of aromatic amines is 1. The molecule has 172 valence electrons. The number of fused-ring (bicyclic) bond motifs is 1. The topological polar surface area (TPSA) is 81.3 Å². The first-order chi connectivity index (χ1) is 16.5. The maximum absolute atomic E-state index is 13.6. The fraction of sp³-hybridized carbons (Fsp3) is 0.222. The zero-order valence-electron chi connectivity index (χ0n) is 19.3. The van der Waals surface area contributed by atoms with Crippen LogP contribution in [0.25, 0.3) is 10.9 Å². The van der Waals surface area contributed by atoms with Crippen molar-refractivity contribution in [1.29, 1.82) is 0 Å². The van der Waals surface area contributed by atoms with E-state index in [4.69, 9.17) is 0 Å². The van der Waals surface area contributed by atoms with Crippen molar-refractivity contribution in [3.05, 3.63) is 89.2 Å². The number of hydrogen-bond donors (Lipinski definition) is 2. The van der Waals surface area contributed by atoms with Crippen LogP contribution >= 0.6 is 0 Å². The summed E-state index contributed by atoms with van der Waals surface area (Å²) in [6, 6.07) is 19.2. The van der Waals surface area contributed by atoms with Gasteiger partial charge in [-0.3, -0.25) is 9.59 Å². The standard InChI is InChI=1S/C27H27N5O2/c1-18-6-9-20(10-7-18)26(33)30-24-21-17-19(2)8-11-22(21)29-25(24)27(34)32-15-13-31(14-16-32)23-5-3-4-12-28-23/h3-12,17,29H,13-16H2,1-2H3,(H,30,33). The van der Waals surface area contributed by atoms with Gasteiger partial charge in [0, 0.05) is 48.8 Å². The molecule has 0 unspecified atom stereocenters. The van der Waals surface area contributed by atoms with E-state index in [2.05, 4.69) is 20.2 Å². The van der Waals surface area contributed by atoms with E-state index in [0.717, 1.165) is 27.8 Å². The van der Waals surface area contributed by atoms with Crippen molar-refractivity contribution < 1.29 is 9.59 Å². The minimum Gasteiger partial charge on any atom is -0.353 e. The molecule has 1 fully saturated rings. The lowest BCUT2D eigenvalue weighted by Crippen LogP contribution is -2.49. The van der Waals surface area contributed by atoms with E-state index in [1.807, 2.05) is 67.3 Å². The van der Waals surface area contributed by atoms with Crippen molar-refractivity contribution in [1.82, 2.24) is 14.9 Å². The van der Waals surface area contributed by atoms with Crippen LogP contribution in [-0.2, 0) is 0 Å². The van der Waals surface area contributed by atoms with Crippen LogP contribution < -0.4 is 10.2 Å². The molecule has 0 aliphatic carbocycles. The lowest BCUT2D eigenvalue weighted by Gasteiger charge is -2.35. The summed E-state index contributed by atoms with van der Waals surface area (Å²) in [5, 5.41) is 3.84. The molecule has 1 aliphatic heterocycles. The Morgan fingerprint density at radius 1 is 0.912 bits per heavy atom. The molecule has 1 aliphatic rings. The molecule has 2 aromatic heterocycles. The van der Waals surface area contributed by atoms with Crippen LogP contribution in [0.1, 0.15) is 32.0 Å². The predicted molar refractivity (Wildman–Crippen MR) is 135 cm³/mol. The lowest BCUT2D eigenvalue weighted by molar-refractivity contribution is 0.0742. The first-order valence-corrected chi connectivity index (χ1v) is 11.5. The molecule has 2 amide bonds. The number of amides is 2. The quantitative estimate of drug-likeness (QED) is 0.480. The molecule has 0 bridgehead atoms. The Morgan fingerprint density at radius 3 is 2.35 bits per heavy atom. The van der Waals surface area contributed by atoms with Crippen LogP contribution in [0, 0.1) is 13.8 Å². The van der Waals surface area contributed by atoms with Gasteiger partial charge in [-0.05, 0) is 50.2 Å². The fourth-order valence-corrected chi connectivity index (χ4v) is 4.32. The number of H-pyrrole nitrogens is 1. The molecule has 3 heterocycles. The highest BCUT2D eigenvalue weighted by Crippen LogP contribution is 2.30. The number of aryl methyl sites for hydroxylation is 2. The van der Waals surface area contributed by atoms with Gasteiger partial charge in [0.1, 0.15) is 11.5 Å². The summed E-state index contributed by atoms with van der Waals surface area (Å²) in [4.78, 5) is 38.3. The van der Waals surface area contributed by atoms with Gasteiger partial charge in [0.15, 0.2) is 0 Å². The molecule has 0 saturated carbocycles. The average molecular weight is 454 g/mol. The van der Waals surface area contributed by atoms with Crippen LogP contribution in [0.3, 0.4) is 0 Å². The number of piperazine rings is 1. The Bertz CT molecular complexity index is 1340. The third-order valence-corrected chi connectivity index (χ3v) is 6.26. The minimum absolute atomic E-state index is 0.117. The van der Waals surface area contributed by atoms with Gasteiger partial charge in [0.05, 0.1) is 5.69 Å². The molecule has 7 nitrogen and oxygen atoms in total. The van der Waals surface area contributed by atoms with E-state index >= 15 is 0 Å². The summed E-state index contributed by atoms with van der Waals surface area (Å²) >= 11 is 0. The molecule has 7 heteroatoms. The van der Waals surface area contributed by atoms with Crippen molar-refractivity contribution in [3.8, 4) is 0 Å². The molecule has 0 radical (unpaired) electrons. The Morgan fingerprint density at radius 2 is 1.65 bits per heavy atom. The van der Waals surface area contributed by atoms with Crippen molar-refractivity contribution in [2.24, 2.45) is 0 Å². The molecule has 0 spiro atoms. The SMILES string of the molecule is Cc1ccc(C(=O)Nc2c(C(=O)N3CCN(c4ccccn4)CC3)[nH]c3ccc(C)cc23)cc1. The number of anilines is 2. The van der Waals surface area contributed by atoms with Crippen LogP contribution in [0.5, 0.6) is 0 Å². The second kappa shape index (κ2) is 9.02. The van der Waals surface area contributed by atoms with Crippen LogP contribution in [0.15, 0.2) is 66.9 Å². The highest BCUT2D eigenvalue weighted by Gasteiger charge is 2.27. The lowest BCUT2D eigenvalue weighted by atomic mass is 10.1. The summed E-state index contributed by atoms with van der Waals surface area (Å²) in [5.74, 6) is 0.562. The highest BCUT2D eigenvalue weighted by atomic mass is 16.2. The van der Waals surface area contributed by atoms with E-state index in [1.165, 1.54) is 0 Å². The Labute approximate surface area is 198 Å². The number of nitrogens with one attached hydrogen (secondary N) is 2. The number of benzene rings is 2. The van der Waals surface area contributed by atoms with Crippen LogP contribution in [-0.4, -0.2) is 52.9 Å². The molecule has 2 N–H and O–H groups in total. The van der Waals surface area contributed by atoms with Gasteiger partial charge in [-0.15, -0.1) is 0 Å². The van der Waals surface area contributed by atoms with E-state index in [9.17, 15) is 9.59 Å². The summed E-state index contributed by atoms with van der Waals surface area (Å²) < 4.78 is 0. The fourth-order valence-electron chi connectivity index (χ4n) is 4.32. The van der Waals surface area contributed by atoms with E-state index in [-0.39, 0.29) is 11.8 Å². The number of pyridine rings is 1. The van der Waals surface area contributed by atoms with Gasteiger partial charge < -0.3 is 20.1 Å². The number of carbonyl (C=O) groups is 2. The number of aromatic nitrogens is 2. The van der Waals surface area contributed by atoms with E-state index < -0.39 is 0 Å². The monoisotopic (exact) mass is 453 g/mol. The maximum atomic E-state index is 13.6. The Kier molecular flexibility index (Phi) is 5.76. The van der Waals surface area contributed by atoms with Crippen molar-refractivity contribution in [2.45, 2.75) is 13.8 Å². The Hall–Kier alpha value is -4.13. The zero-order chi connectivity index (χ0) is 23.7. The molecule has 5 rings (SSSR count). The first kappa shape index (κ1) is 21.7. The van der Waals surface area contributed by atoms with Gasteiger partial charge in [0.2, 0.25) is 0 Å². The number of hydrogen-bond acceptors (Lipinski definition) is 4. The molecular formula is C27H27N5O2. The smallest absolute Gasteiger partial charge is 0.272 e. The number of rotatable bonds is 4. The van der Waals surface area contributed by atoms with Gasteiger partial charge in [-0.1, -0.05) is 35.4 Å². The molecule has 4 aromatic rings. The van der Waals surface area contributed by atoms with E-state index in [0.29, 0.717) is 43.1 Å². The van der Waals surface area contributed by atoms with Crippen LogP contribution in [0.4, 0.5) is 11.5 Å². The normalized spacial score (nSPS) is 13.8. The summed E-state index contributed by atoms with van der Waals surface area (Å²) in [7, 11) is 0. The summed E-state index contributed by atoms with van der Waals surface area (Å²) in [6.45, 7) is 6.54. The van der Waals surface area contributed by atoms with Crippen LogP contribution in [0.2, 0.25) is 0 Å². The van der Waals surface area contributed by atoms with E-state index in [1.54, 1.807) is 18.3 Å². The maximum Gasteiger partial charge on any atom is 0.272 e. The molecule has 0 atom stereocenters. The third kappa shape index (κ3) is 4.24. The van der Waals surface area contributed by atoms with Gasteiger partial charge in [-0.25, -0.2) is 4.98 Å². The molecule has 1 saturated heterocycles. The van der Waals surface area contributed by atoms with Gasteiger partial charge >= 0.3 is 0 Å². The van der Waals surface area contributed by atoms with Gasteiger partial charge in [0.25, 0.3) is 11.8 Å². The van der Waals surface area contributed by atoms with Gasteiger partial charge in [-0.2, -0.15) is 0 Å². The molecular weight excluding hydrogens is 426 g/mol. The summed E-state index contributed by atoms with van der Waals surface area (Å²) in [6.07, 6.45) is 1.78. The molecule has 2 aromatic carbocycles.